The maximum atomic E-state index is 5.70. The molecule has 1 N–H and O–H groups in total. The van der Waals surface area contributed by atoms with E-state index in [4.69, 9.17) is 4.74 Å². The van der Waals surface area contributed by atoms with E-state index in [1.54, 1.807) is 0 Å². The molecule has 1 saturated carbocycles. The number of ether oxygens (including phenoxy) is 1. The quantitative estimate of drug-likeness (QED) is 0.755. The van der Waals surface area contributed by atoms with E-state index in [1.165, 1.54) is 24.0 Å². The van der Waals surface area contributed by atoms with Crippen molar-refractivity contribution in [3.8, 4) is 0 Å². The van der Waals surface area contributed by atoms with Gasteiger partial charge in [-0.15, -0.1) is 0 Å². The topological polar surface area (TPSA) is 34.1 Å². The molecule has 0 spiro atoms. The van der Waals surface area contributed by atoms with Crippen LogP contribution in [0.15, 0.2) is 54.9 Å². The Morgan fingerprint density at radius 3 is 2.48 bits per heavy atom. The SMILES string of the molecule is c1ccc(C(NCCOCC2CC2)c2ccncc2)cc1. The fourth-order valence-electron chi connectivity index (χ4n) is 2.44. The Kier molecular flexibility index (Phi) is 4.98. The first-order valence-corrected chi connectivity index (χ1v) is 7.69. The van der Waals surface area contributed by atoms with Gasteiger partial charge in [0.2, 0.25) is 0 Å². The lowest BCUT2D eigenvalue weighted by molar-refractivity contribution is 0.125. The lowest BCUT2D eigenvalue weighted by Crippen LogP contribution is -2.26. The number of benzene rings is 1. The first kappa shape index (κ1) is 14.2. The Morgan fingerprint density at radius 2 is 1.76 bits per heavy atom. The van der Waals surface area contributed by atoms with E-state index >= 15 is 0 Å². The van der Waals surface area contributed by atoms with Crippen LogP contribution in [0.3, 0.4) is 0 Å². The summed E-state index contributed by atoms with van der Waals surface area (Å²) in [4.78, 5) is 4.11. The first-order valence-electron chi connectivity index (χ1n) is 7.69. The Bertz CT molecular complexity index is 486. The van der Waals surface area contributed by atoms with Gasteiger partial charge in [0.05, 0.1) is 12.6 Å². The monoisotopic (exact) mass is 282 g/mol. The van der Waals surface area contributed by atoms with Crippen molar-refractivity contribution in [2.45, 2.75) is 18.9 Å². The molecule has 1 atom stereocenters. The van der Waals surface area contributed by atoms with Gasteiger partial charge >= 0.3 is 0 Å². The van der Waals surface area contributed by atoms with Gasteiger partial charge in [-0.3, -0.25) is 4.98 Å². The largest absolute Gasteiger partial charge is 0.380 e. The summed E-state index contributed by atoms with van der Waals surface area (Å²) in [5, 5.41) is 3.59. The van der Waals surface area contributed by atoms with Crippen LogP contribution in [0, 0.1) is 5.92 Å². The molecule has 1 unspecified atom stereocenters. The van der Waals surface area contributed by atoms with Crippen molar-refractivity contribution in [1.29, 1.82) is 0 Å². The molecule has 1 fully saturated rings. The second-order valence-corrected chi connectivity index (χ2v) is 5.60. The molecule has 3 rings (SSSR count). The summed E-state index contributed by atoms with van der Waals surface area (Å²) in [6, 6.07) is 14.8. The van der Waals surface area contributed by atoms with E-state index in [0.29, 0.717) is 0 Å². The van der Waals surface area contributed by atoms with E-state index in [2.05, 4.69) is 46.7 Å². The number of hydrogen-bond acceptors (Lipinski definition) is 3. The summed E-state index contributed by atoms with van der Waals surface area (Å²) in [7, 11) is 0. The summed E-state index contributed by atoms with van der Waals surface area (Å²) in [6.45, 7) is 2.55. The number of aromatic nitrogens is 1. The van der Waals surface area contributed by atoms with Gasteiger partial charge in [-0.1, -0.05) is 30.3 Å². The smallest absolute Gasteiger partial charge is 0.0591 e. The lowest BCUT2D eigenvalue weighted by Gasteiger charge is -2.19. The van der Waals surface area contributed by atoms with E-state index in [1.807, 2.05) is 18.5 Å². The molecular weight excluding hydrogens is 260 g/mol. The summed E-state index contributed by atoms with van der Waals surface area (Å²) in [5.74, 6) is 0.829. The van der Waals surface area contributed by atoms with Gasteiger partial charge < -0.3 is 10.1 Å². The molecule has 1 aromatic carbocycles. The van der Waals surface area contributed by atoms with Crippen molar-refractivity contribution in [2.75, 3.05) is 19.8 Å². The molecule has 3 nitrogen and oxygen atoms in total. The van der Waals surface area contributed by atoms with Crippen LogP contribution in [0.4, 0.5) is 0 Å². The Morgan fingerprint density at radius 1 is 1.05 bits per heavy atom. The molecule has 3 heteroatoms. The van der Waals surface area contributed by atoms with Crippen molar-refractivity contribution >= 4 is 0 Å². The molecule has 0 saturated heterocycles. The van der Waals surface area contributed by atoms with Crippen LogP contribution in [0.5, 0.6) is 0 Å². The third kappa shape index (κ3) is 4.38. The van der Waals surface area contributed by atoms with Gasteiger partial charge in [0.15, 0.2) is 0 Å². The zero-order valence-corrected chi connectivity index (χ0v) is 12.2. The molecule has 0 amide bonds. The van der Waals surface area contributed by atoms with Crippen LogP contribution in [0.25, 0.3) is 0 Å². The van der Waals surface area contributed by atoms with Gasteiger partial charge in [0.1, 0.15) is 0 Å². The van der Waals surface area contributed by atoms with Crippen LogP contribution in [-0.4, -0.2) is 24.7 Å². The van der Waals surface area contributed by atoms with Gasteiger partial charge in [0, 0.05) is 25.5 Å². The van der Waals surface area contributed by atoms with Crippen molar-refractivity contribution in [2.24, 2.45) is 5.92 Å². The molecular formula is C18H22N2O. The van der Waals surface area contributed by atoms with Crippen molar-refractivity contribution in [3.63, 3.8) is 0 Å². The zero-order chi connectivity index (χ0) is 14.3. The molecule has 0 bridgehead atoms. The fraction of sp³-hybridized carbons (Fsp3) is 0.389. The van der Waals surface area contributed by atoms with Crippen molar-refractivity contribution in [3.05, 3.63) is 66.0 Å². The summed E-state index contributed by atoms with van der Waals surface area (Å²) < 4.78 is 5.70. The second kappa shape index (κ2) is 7.34. The molecule has 1 aliphatic carbocycles. The normalized spacial score (nSPS) is 15.8. The highest BCUT2D eigenvalue weighted by molar-refractivity contribution is 5.30. The third-order valence-electron chi connectivity index (χ3n) is 3.82. The second-order valence-electron chi connectivity index (χ2n) is 5.60. The number of nitrogens with zero attached hydrogens (tertiary/aromatic N) is 1. The number of hydrogen-bond donors (Lipinski definition) is 1. The fourth-order valence-corrected chi connectivity index (χ4v) is 2.44. The van der Waals surface area contributed by atoms with Gasteiger partial charge in [0.25, 0.3) is 0 Å². The van der Waals surface area contributed by atoms with Crippen LogP contribution < -0.4 is 5.32 Å². The predicted molar refractivity (Wildman–Crippen MR) is 84.1 cm³/mol. The summed E-state index contributed by atoms with van der Waals surface area (Å²) >= 11 is 0. The van der Waals surface area contributed by atoms with E-state index in [-0.39, 0.29) is 6.04 Å². The summed E-state index contributed by atoms with van der Waals surface area (Å²) in [6.07, 6.45) is 6.38. The number of rotatable bonds is 8. The molecule has 1 heterocycles. The summed E-state index contributed by atoms with van der Waals surface area (Å²) in [5.41, 5.74) is 2.50. The molecule has 2 aromatic rings. The van der Waals surface area contributed by atoms with Gasteiger partial charge in [-0.25, -0.2) is 0 Å². The van der Waals surface area contributed by atoms with E-state index in [0.717, 1.165) is 25.7 Å². The minimum absolute atomic E-state index is 0.193. The van der Waals surface area contributed by atoms with Crippen LogP contribution in [-0.2, 0) is 4.74 Å². The van der Waals surface area contributed by atoms with Crippen LogP contribution in [0.2, 0.25) is 0 Å². The highest BCUT2D eigenvalue weighted by atomic mass is 16.5. The minimum Gasteiger partial charge on any atom is -0.380 e. The maximum Gasteiger partial charge on any atom is 0.0591 e. The lowest BCUT2D eigenvalue weighted by atomic mass is 10.00. The molecule has 0 aliphatic heterocycles. The van der Waals surface area contributed by atoms with Gasteiger partial charge in [-0.05, 0) is 42.0 Å². The standard InChI is InChI=1S/C18H22N2O/c1-2-4-16(5-3-1)18(17-8-10-19-11-9-17)20-12-13-21-14-15-6-7-15/h1-5,8-11,15,18,20H,6-7,12-14H2. The molecule has 1 aliphatic rings. The maximum absolute atomic E-state index is 5.70. The number of pyridine rings is 1. The molecule has 1 aromatic heterocycles. The number of nitrogens with one attached hydrogen (secondary N) is 1. The van der Waals surface area contributed by atoms with Crippen molar-refractivity contribution in [1.82, 2.24) is 10.3 Å². The van der Waals surface area contributed by atoms with Crippen LogP contribution in [0.1, 0.15) is 30.0 Å². The zero-order valence-electron chi connectivity index (χ0n) is 12.2. The molecule has 21 heavy (non-hydrogen) atoms. The van der Waals surface area contributed by atoms with Crippen LogP contribution >= 0.6 is 0 Å². The Hall–Kier alpha value is -1.71. The van der Waals surface area contributed by atoms with E-state index < -0.39 is 0 Å². The van der Waals surface area contributed by atoms with Crippen molar-refractivity contribution < 1.29 is 4.74 Å². The molecule has 0 radical (unpaired) electrons. The third-order valence-corrected chi connectivity index (χ3v) is 3.82. The first-order chi connectivity index (χ1) is 10.4. The van der Waals surface area contributed by atoms with E-state index in [9.17, 15) is 0 Å². The Labute approximate surface area is 126 Å². The Balaban J connectivity index is 1.59. The highest BCUT2D eigenvalue weighted by Gasteiger charge is 2.21. The van der Waals surface area contributed by atoms with Gasteiger partial charge in [-0.2, -0.15) is 0 Å². The average molecular weight is 282 g/mol. The molecule has 110 valence electrons. The predicted octanol–water partition coefficient (Wildman–Crippen LogP) is 3.19. The average Bonchev–Trinajstić information content (AvgIpc) is 3.37. The minimum atomic E-state index is 0.193. The highest BCUT2D eigenvalue weighted by Crippen LogP contribution is 2.28.